The minimum absolute atomic E-state index is 0.0895. The Balaban J connectivity index is 1.92. The predicted octanol–water partition coefficient (Wildman–Crippen LogP) is 4.37. The molecular formula is C18H18INO3. The van der Waals surface area contributed by atoms with Crippen molar-refractivity contribution < 1.29 is 14.3 Å². The van der Waals surface area contributed by atoms with Gasteiger partial charge in [-0.15, -0.1) is 0 Å². The van der Waals surface area contributed by atoms with Crippen LogP contribution in [0.25, 0.3) is 0 Å². The van der Waals surface area contributed by atoms with Crippen LogP contribution in [0.15, 0.2) is 53.5 Å². The second kappa shape index (κ2) is 8.67. The van der Waals surface area contributed by atoms with Gasteiger partial charge < -0.3 is 9.47 Å². The van der Waals surface area contributed by atoms with Crippen molar-refractivity contribution in [1.82, 2.24) is 0 Å². The summed E-state index contributed by atoms with van der Waals surface area (Å²) in [4.78, 5) is 15.9. The Labute approximate surface area is 149 Å². The maximum Gasteiger partial charge on any atom is 0.344 e. The van der Waals surface area contributed by atoms with Crippen molar-refractivity contribution in [2.75, 3.05) is 6.61 Å². The minimum atomic E-state index is -0.371. The monoisotopic (exact) mass is 423 g/mol. The Kier molecular flexibility index (Phi) is 6.58. The molecule has 0 heterocycles. The Bertz CT molecular complexity index is 681. The molecule has 0 fully saturated rings. The van der Waals surface area contributed by atoms with Gasteiger partial charge in [0.15, 0.2) is 6.61 Å². The highest BCUT2D eigenvalue weighted by molar-refractivity contribution is 14.1. The topological polar surface area (TPSA) is 47.9 Å². The van der Waals surface area contributed by atoms with Crippen LogP contribution in [0.5, 0.6) is 5.75 Å². The van der Waals surface area contributed by atoms with Crippen LogP contribution in [0.4, 0.5) is 5.69 Å². The lowest BCUT2D eigenvalue weighted by Crippen LogP contribution is -2.18. The van der Waals surface area contributed by atoms with Gasteiger partial charge in [0.25, 0.3) is 0 Å². The molecule has 23 heavy (non-hydrogen) atoms. The number of benzene rings is 2. The molecule has 0 amide bonds. The number of halogens is 1. The quantitative estimate of drug-likeness (QED) is 0.394. The molecule has 0 aliphatic carbocycles. The van der Waals surface area contributed by atoms with Gasteiger partial charge in [0.2, 0.25) is 0 Å². The second-order valence-corrected chi connectivity index (χ2v) is 6.27. The van der Waals surface area contributed by atoms with Gasteiger partial charge >= 0.3 is 5.97 Å². The normalized spacial score (nSPS) is 11.0. The molecule has 0 bridgehead atoms. The number of hydrogen-bond acceptors (Lipinski definition) is 4. The minimum Gasteiger partial charge on any atom is -0.482 e. The first-order valence-corrected chi connectivity index (χ1v) is 8.33. The van der Waals surface area contributed by atoms with Gasteiger partial charge in [0.05, 0.1) is 11.8 Å². The first kappa shape index (κ1) is 17.5. The summed E-state index contributed by atoms with van der Waals surface area (Å²) >= 11 is 2.26. The molecule has 0 radical (unpaired) electrons. The molecule has 2 aromatic rings. The van der Waals surface area contributed by atoms with Crippen molar-refractivity contribution in [3.63, 3.8) is 0 Å². The van der Waals surface area contributed by atoms with Gasteiger partial charge in [-0.05, 0) is 78.4 Å². The first-order chi connectivity index (χ1) is 11.0. The molecule has 0 aromatic heterocycles. The number of para-hydroxylation sites is 1. The highest BCUT2D eigenvalue weighted by atomic mass is 127. The fourth-order valence-electron chi connectivity index (χ4n) is 1.79. The summed E-state index contributed by atoms with van der Waals surface area (Å²) in [6.07, 6.45) is 1.67. The number of aliphatic imine (C=N–C) groups is 1. The van der Waals surface area contributed by atoms with E-state index in [4.69, 9.17) is 9.47 Å². The van der Waals surface area contributed by atoms with Crippen molar-refractivity contribution in [2.24, 2.45) is 4.99 Å². The lowest BCUT2D eigenvalue weighted by atomic mass is 10.2. The fourth-order valence-corrected chi connectivity index (χ4v) is 2.32. The van der Waals surface area contributed by atoms with E-state index in [1.165, 1.54) is 0 Å². The van der Waals surface area contributed by atoms with Crippen molar-refractivity contribution in [2.45, 2.75) is 20.0 Å². The lowest BCUT2D eigenvalue weighted by molar-refractivity contribution is -0.149. The van der Waals surface area contributed by atoms with Gasteiger partial charge in [-0.25, -0.2) is 4.79 Å². The van der Waals surface area contributed by atoms with Gasteiger partial charge in [0.1, 0.15) is 5.75 Å². The fraction of sp³-hybridized carbons (Fsp3) is 0.222. The van der Waals surface area contributed by atoms with Gasteiger partial charge in [-0.3, -0.25) is 4.99 Å². The molecule has 4 nitrogen and oxygen atoms in total. The molecule has 0 atom stereocenters. The molecule has 2 rings (SSSR count). The molecule has 0 aliphatic rings. The number of nitrogens with zero attached hydrogens (tertiary/aromatic N) is 1. The molecule has 5 heteroatoms. The van der Waals surface area contributed by atoms with Crippen LogP contribution in [-0.2, 0) is 9.53 Å². The largest absolute Gasteiger partial charge is 0.482 e. The average Bonchev–Trinajstić information content (AvgIpc) is 2.52. The Hall–Kier alpha value is -1.89. The van der Waals surface area contributed by atoms with Gasteiger partial charge in [-0.2, -0.15) is 0 Å². The van der Waals surface area contributed by atoms with Crippen molar-refractivity contribution in [3.05, 3.63) is 57.7 Å². The zero-order valence-electron chi connectivity index (χ0n) is 13.0. The van der Waals surface area contributed by atoms with Gasteiger partial charge in [-0.1, -0.05) is 12.1 Å². The van der Waals surface area contributed by atoms with Crippen molar-refractivity contribution >= 4 is 40.5 Å². The highest BCUT2D eigenvalue weighted by Crippen LogP contribution is 2.20. The first-order valence-electron chi connectivity index (χ1n) is 7.25. The van der Waals surface area contributed by atoms with Crippen LogP contribution in [0.2, 0.25) is 0 Å². The van der Waals surface area contributed by atoms with Crippen LogP contribution in [-0.4, -0.2) is 24.9 Å². The maximum absolute atomic E-state index is 11.4. The van der Waals surface area contributed by atoms with E-state index in [0.29, 0.717) is 5.75 Å². The number of rotatable bonds is 6. The van der Waals surface area contributed by atoms with Crippen LogP contribution in [0, 0.1) is 3.57 Å². The van der Waals surface area contributed by atoms with E-state index in [9.17, 15) is 4.79 Å². The third kappa shape index (κ3) is 6.02. The third-order valence-corrected chi connectivity index (χ3v) is 3.72. The maximum atomic E-state index is 11.4. The Morgan fingerprint density at radius 1 is 1.17 bits per heavy atom. The summed E-state index contributed by atoms with van der Waals surface area (Å²) in [5.41, 5.74) is 1.90. The molecule has 0 saturated carbocycles. The zero-order valence-corrected chi connectivity index (χ0v) is 15.2. The molecule has 120 valence electrons. The number of carbonyl (C=O) groups excluding carboxylic acids is 1. The van der Waals surface area contributed by atoms with E-state index in [-0.39, 0.29) is 18.7 Å². The molecule has 2 aromatic carbocycles. The third-order valence-electron chi connectivity index (χ3n) is 2.81. The summed E-state index contributed by atoms with van der Waals surface area (Å²) in [7, 11) is 0. The molecule has 0 spiro atoms. The molecular weight excluding hydrogens is 405 g/mol. The number of ether oxygens (including phenoxy) is 2. The highest BCUT2D eigenvalue weighted by Gasteiger charge is 2.06. The van der Waals surface area contributed by atoms with Crippen LogP contribution in [0.1, 0.15) is 19.4 Å². The molecule has 0 unspecified atom stereocenters. The Morgan fingerprint density at radius 2 is 1.87 bits per heavy atom. The smallest absolute Gasteiger partial charge is 0.344 e. The summed E-state index contributed by atoms with van der Waals surface area (Å²) in [5, 5.41) is 0. The molecule has 0 N–H and O–H groups in total. The predicted molar refractivity (Wildman–Crippen MR) is 99.6 cm³/mol. The van der Waals surface area contributed by atoms with E-state index in [0.717, 1.165) is 14.8 Å². The molecule has 0 aliphatic heterocycles. The van der Waals surface area contributed by atoms with E-state index >= 15 is 0 Å². The average molecular weight is 423 g/mol. The van der Waals surface area contributed by atoms with Crippen molar-refractivity contribution in [3.8, 4) is 5.75 Å². The van der Waals surface area contributed by atoms with E-state index < -0.39 is 0 Å². The summed E-state index contributed by atoms with van der Waals surface area (Å²) < 4.78 is 11.5. The lowest BCUT2D eigenvalue weighted by Gasteiger charge is -2.09. The van der Waals surface area contributed by atoms with Crippen molar-refractivity contribution in [1.29, 1.82) is 0 Å². The standard InChI is InChI=1S/C18H18INO3/c1-13(2)23-18(21)12-22-15-9-7-14(8-10-15)11-20-17-6-4-3-5-16(17)19/h3-11,13H,12H2,1-2H3. The Morgan fingerprint density at radius 3 is 2.52 bits per heavy atom. The number of carbonyl (C=O) groups is 1. The SMILES string of the molecule is CC(C)OC(=O)COc1ccc(C=Nc2ccccc2I)cc1. The van der Waals surface area contributed by atoms with E-state index in [2.05, 4.69) is 27.6 Å². The summed E-state index contributed by atoms with van der Waals surface area (Å²) in [6.45, 7) is 3.52. The number of esters is 1. The van der Waals surface area contributed by atoms with E-state index in [1.54, 1.807) is 32.2 Å². The van der Waals surface area contributed by atoms with Crippen LogP contribution < -0.4 is 4.74 Å². The van der Waals surface area contributed by atoms with E-state index in [1.807, 2.05) is 36.4 Å². The van der Waals surface area contributed by atoms with Crippen LogP contribution in [0.3, 0.4) is 0 Å². The second-order valence-electron chi connectivity index (χ2n) is 5.11. The summed E-state index contributed by atoms with van der Waals surface area (Å²) in [6, 6.07) is 15.3. The summed E-state index contributed by atoms with van der Waals surface area (Å²) in [5.74, 6) is 0.251. The zero-order chi connectivity index (χ0) is 16.7. The van der Waals surface area contributed by atoms with Gasteiger partial charge in [0, 0.05) is 9.78 Å². The number of hydrogen-bond donors (Lipinski definition) is 0. The molecule has 0 saturated heterocycles. The van der Waals surface area contributed by atoms with Crippen LogP contribution >= 0.6 is 22.6 Å².